The predicted octanol–water partition coefficient (Wildman–Crippen LogP) is 1.50. The molecule has 0 spiro atoms. The number of thiazole rings is 1. The van der Waals surface area contributed by atoms with E-state index in [9.17, 15) is 9.90 Å². The second kappa shape index (κ2) is 7.15. The average molecular weight is 298 g/mol. The number of aromatic nitrogens is 1. The summed E-state index contributed by atoms with van der Waals surface area (Å²) in [7, 11) is 1.58. The van der Waals surface area contributed by atoms with Crippen LogP contribution < -0.4 is 5.32 Å². The molecule has 112 valence electrons. The maximum atomic E-state index is 12.1. The summed E-state index contributed by atoms with van der Waals surface area (Å²) in [5, 5.41) is 15.6. The first-order valence-electron chi connectivity index (χ1n) is 7.05. The lowest BCUT2D eigenvalue weighted by molar-refractivity contribution is -0.130. The number of methoxy groups -OCH3 is 1. The fourth-order valence-electron chi connectivity index (χ4n) is 2.50. The van der Waals surface area contributed by atoms with Crippen LogP contribution in [0, 0.1) is 5.92 Å². The van der Waals surface area contributed by atoms with Crippen molar-refractivity contribution in [3.05, 3.63) is 16.1 Å². The van der Waals surface area contributed by atoms with Gasteiger partial charge in [-0.25, -0.2) is 4.98 Å². The minimum atomic E-state index is -0.449. The van der Waals surface area contributed by atoms with Crippen LogP contribution in [-0.2, 0) is 22.5 Å². The monoisotopic (exact) mass is 298 g/mol. The Bertz CT molecular complexity index is 449. The van der Waals surface area contributed by atoms with Crippen molar-refractivity contribution in [2.45, 2.75) is 51.4 Å². The molecule has 1 aromatic rings. The highest BCUT2D eigenvalue weighted by Gasteiger charge is 2.32. The van der Waals surface area contributed by atoms with Crippen LogP contribution in [0.3, 0.4) is 0 Å². The number of ether oxygens (including phenoxy) is 1. The highest BCUT2D eigenvalue weighted by molar-refractivity contribution is 7.09. The second-order valence-electron chi connectivity index (χ2n) is 5.16. The largest absolute Gasteiger partial charge is 0.390 e. The number of rotatable bonds is 5. The summed E-state index contributed by atoms with van der Waals surface area (Å²) < 4.78 is 5.22. The molecule has 0 radical (unpaired) electrons. The molecule has 2 N–H and O–H groups in total. The van der Waals surface area contributed by atoms with Crippen molar-refractivity contribution >= 4 is 17.2 Å². The molecule has 20 heavy (non-hydrogen) atoms. The van der Waals surface area contributed by atoms with E-state index in [-0.39, 0.29) is 17.9 Å². The van der Waals surface area contributed by atoms with E-state index in [1.165, 1.54) is 0 Å². The van der Waals surface area contributed by atoms with Gasteiger partial charge in [0.15, 0.2) is 0 Å². The number of carbonyl (C=O) groups excluding carboxylic acids is 1. The standard InChI is InChI=1S/C14H22N2O3S/c1-3-10-8-20-13(16-10)7-15-14(18)9-4-5-11(17)12(6-9)19-2/h8-9,11-12,17H,3-7H2,1-2H3,(H,15,18)/t9-,11+,12-/m1/s1. The van der Waals surface area contributed by atoms with Gasteiger partial charge in [-0.05, 0) is 25.7 Å². The van der Waals surface area contributed by atoms with Crippen molar-refractivity contribution in [2.75, 3.05) is 7.11 Å². The van der Waals surface area contributed by atoms with Crippen LogP contribution >= 0.6 is 11.3 Å². The van der Waals surface area contributed by atoms with Crippen molar-refractivity contribution in [3.8, 4) is 0 Å². The van der Waals surface area contributed by atoms with Gasteiger partial charge in [-0.3, -0.25) is 4.79 Å². The number of amides is 1. The van der Waals surface area contributed by atoms with Crippen LogP contribution in [0.2, 0.25) is 0 Å². The molecule has 5 nitrogen and oxygen atoms in total. The molecule has 0 aromatic carbocycles. The lowest BCUT2D eigenvalue weighted by Gasteiger charge is -2.31. The summed E-state index contributed by atoms with van der Waals surface area (Å²) in [5.41, 5.74) is 1.07. The maximum Gasteiger partial charge on any atom is 0.223 e. The summed E-state index contributed by atoms with van der Waals surface area (Å²) in [4.78, 5) is 16.6. The van der Waals surface area contributed by atoms with E-state index in [1.807, 2.05) is 5.38 Å². The Labute approximate surface area is 123 Å². The Morgan fingerprint density at radius 3 is 3.05 bits per heavy atom. The third kappa shape index (κ3) is 3.77. The third-order valence-electron chi connectivity index (χ3n) is 3.81. The van der Waals surface area contributed by atoms with Crippen molar-refractivity contribution in [2.24, 2.45) is 5.92 Å². The number of nitrogens with one attached hydrogen (secondary N) is 1. The Kier molecular flexibility index (Phi) is 5.51. The van der Waals surface area contributed by atoms with E-state index in [2.05, 4.69) is 17.2 Å². The van der Waals surface area contributed by atoms with Gasteiger partial charge in [-0.2, -0.15) is 0 Å². The second-order valence-corrected chi connectivity index (χ2v) is 6.10. The zero-order valence-electron chi connectivity index (χ0n) is 12.0. The first kappa shape index (κ1) is 15.4. The molecule has 0 bridgehead atoms. The van der Waals surface area contributed by atoms with Crippen molar-refractivity contribution < 1.29 is 14.6 Å². The first-order valence-corrected chi connectivity index (χ1v) is 7.93. The SMILES string of the molecule is CCc1csc(CNC(=O)[C@@H]2CC[C@H](O)[C@H](OC)C2)n1. The van der Waals surface area contributed by atoms with Gasteiger partial charge >= 0.3 is 0 Å². The summed E-state index contributed by atoms with van der Waals surface area (Å²) in [6, 6.07) is 0. The quantitative estimate of drug-likeness (QED) is 0.864. The van der Waals surface area contributed by atoms with Gasteiger partial charge in [0, 0.05) is 18.4 Å². The summed E-state index contributed by atoms with van der Waals surface area (Å²) in [5.74, 6) is -0.0406. The number of aryl methyl sites for hydroxylation is 1. The van der Waals surface area contributed by atoms with Crippen LogP contribution in [0.1, 0.15) is 36.9 Å². The van der Waals surface area contributed by atoms with Crippen LogP contribution in [-0.4, -0.2) is 35.3 Å². The number of carbonyl (C=O) groups is 1. The minimum Gasteiger partial charge on any atom is -0.390 e. The first-order chi connectivity index (χ1) is 9.63. The Balaban J connectivity index is 1.82. The molecule has 2 rings (SSSR count). The van der Waals surface area contributed by atoms with Crippen LogP contribution in [0.5, 0.6) is 0 Å². The van der Waals surface area contributed by atoms with Crippen LogP contribution in [0.15, 0.2) is 5.38 Å². The molecule has 0 unspecified atom stereocenters. The van der Waals surface area contributed by atoms with E-state index in [1.54, 1.807) is 18.4 Å². The summed E-state index contributed by atoms with van der Waals surface area (Å²) in [6.07, 6.45) is 2.15. The number of hydrogen-bond donors (Lipinski definition) is 2. The molecule has 1 heterocycles. The molecule has 1 fully saturated rings. The number of aliphatic hydroxyl groups excluding tert-OH is 1. The van der Waals surface area contributed by atoms with Gasteiger partial charge in [-0.1, -0.05) is 6.92 Å². The smallest absolute Gasteiger partial charge is 0.223 e. The molecule has 1 aliphatic rings. The Morgan fingerprint density at radius 2 is 2.40 bits per heavy atom. The lowest BCUT2D eigenvalue weighted by atomic mass is 9.84. The zero-order valence-corrected chi connectivity index (χ0v) is 12.8. The summed E-state index contributed by atoms with van der Waals surface area (Å²) >= 11 is 1.58. The van der Waals surface area contributed by atoms with Crippen molar-refractivity contribution in [3.63, 3.8) is 0 Å². The van der Waals surface area contributed by atoms with Crippen LogP contribution in [0.4, 0.5) is 0 Å². The van der Waals surface area contributed by atoms with E-state index in [0.29, 0.717) is 25.8 Å². The highest BCUT2D eigenvalue weighted by Crippen LogP contribution is 2.26. The topological polar surface area (TPSA) is 71.5 Å². The highest BCUT2D eigenvalue weighted by atomic mass is 32.1. The van der Waals surface area contributed by atoms with Gasteiger partial charge in [0.2, 0.25) is 5.91 Å². The molecule has 0 aliphatic heterocycles. The molecular weight excluding hydrogens is 276 g/mol. The molecule has 1 amide bonds. The van der Waals surface area contributed by atoms with E-state index in [0.717, 1.165) is 17.1 Å². The Hall–Kier alpha value is -0.980. The summed E-state index contributed by atoms with van der Waals surface area (Å²) in [6.45, 7) is 2.55. The van der Waals surface area contributed by atoms with E-state index >= 15 is 0 Å². The van der Waals surface area contributed by atoms with Gasteiger partial charge in [-0.15, -0.1) is 11.3 Å². The minimum absolute atomic E-state index is 0.0344. The molecular formula is C14H22N2O3S. The average Bonchev–Trinajstić information content (AvgIpc) is 2.93. The number of hydrogen-bond acceptors (Lipinski definition) is 5. The maximum absolute atomic E-state index is 12.1. The normalized spacial score (nSPS) is 26.4. The number of aliphatic hydroxyl groups is 1. The van der Waals surface area contributed by atoms with E-state index < -0.39 is 6.10 Å². The molecule has 3 atom stereocenters. The number of nitrogens with zero attached hydrogens (tertiary/aromatic N) is 1. The molecule has 1 saturated carbocycles. The lowest BCUT2D eigenvalue weighted by Crippen LogP contribution is -2.41. The van der Waals surface area contributed by atoms with E-state index in [4.69, 9.17) is 4.74 Å². The third-order valence-corrected chi connectivity index (χ3v) is 4.70. The zero-order chi connectivity index (χ0) is 14.5. The molecule has 0 saturated heterocycles. The fraction of sp³-hybridized carbons (Fsp3) is 0.714. The molecule has 1 aliphatic carbocycles. The Morgan fingerprint density at radius 1 is 1.60 bits per heavy atom. The van der Waals surface area contributed by atoms with Gasteiger partial charge in [0.1, 0.15) is 5.01 Å². The molecule has 6 heteroatoms. The van der Waals surface area contributed by atoms with Crippen LogP contribution in [0.25, 0.3) is 0 Å². The molecule has 1 aromatic heterocycles. The van der Waals surface area contributed by atoms with Crippen molar-refractivity contribution in [1.29, 1.82) is 0 Å². The predicted molar refractivity (Wildman–Crippen MR) is 77.5 cm³/mol. The van der Waals surface area contributed by atoms with Gasteiger partial charge < -0.3 is 15.2 Å². The van der Waals surface area contributed by atoms with Gasteiger partial charge in [0.05, 0.1) is 24.4 Å². The van der Waals surface area contributed by atoms with Gasteiger partial charge in [0.25, 0.3) is 0 Å². The fourth-order valence-corrected chi connectivity index (χ4v) is 3.32. The van der Waals surface area contributed by atoms with Crippen molar-refractivity contribution in [1.82, 2.24) is 10.3 Å².